The Kier molecular flexibility index (Phi) is 4.29. The Hall–Kier alpha value is -1.50. The van der Waals surface area contributed by atoms with Gasteiger partial charge in [-0.1, -0.05) is 19.6 Å². The van der Waals surface area contributed by atoms with Gasteiger partial charge in [0.25, 0.3) is 0 Å². The Morgan fingerprint density at radius 2 is 1.95 bits per heavy atom. The molecule has 0 fully saturated rings. The summed E-state index contributed by atoms with van der Waals surface area (Å²) in [6.07, 6.45) is 0.681. The summed E-state index contributed by atoms with van der Waals surface area (Å²) in [7, 11) is -5.63. The fourth-order valence-corrected chi connectivity index (χ4v) is 1.85. The molecule has 0 N–H and O–H groups in total. The summed E-state index contributed by atoms with van der Waals surface area (Å²) in [6.45, 7) is 7.14. The van der Waals surface area contributed by atoms with E-state index in [0.717, 1.165) is 11.1 Å². The molecule has 1 aromatic carbocycles. The zero-order valence-electron chi connectivity index (χ0n) is 10.4. The zero-order chi connectivity index (χ0) is 14.8. The summed E-state index contributed by atoms with van der Waals surface area (Å²) >= 11 is 0. The molecule has 0 aromatic heterocycles. The van der Waals surface area contributed by atoms with Crippen LogP contribution >= 0.6 is 0 Å². The van der Waals surface area contributed by atoms with Gasteiger partial charge in [-0.3, -0.25) is 0 Å². The molecule has 0 saturated carbocycles. The van der Waals surface area contributed by atoms with Crippen molar-refractivity contribution >= 4 is 15.7 Å². The van der Waals surface area contributed by atoms with E-state index in [4.69, 9.17) is 0 Å². The van der Waals surface area contributed by atoms with E-state index >= 15 is 0 Å². The van der Waals surface area contributed by atoms with Gasteiger partial charge in [-0.05, 0) is 42.2 Å². The van der Waals surface area contributed by atoms with E-state index in [9.17, 15) is 21.6 Å². The molecule has 0 aliphatic carbocycles. The Labute approximate surface area is 109 Å². The Bertz CT molecular complexity index is 589. The van der Waals surface area contributed by atoms with Crippen molar-refractivity contribution in [2.45, 2.75) is 25.8 Å². The summed E-state index contributed by atoms with van der Waals surface area (Å²) in [5.41, 5.74) is -3.62. The van der Waals surface area contributed by atoms with Gasteiger partial charge in [0.2, 0.25) is 0 Å². The second kappa shape index (κ2) is 5.24. The first kappa shape index (κ1) is 15.6. The molecule has 1 aromatic rings. The molecule has 0 atom stereocenters. The van der Waals surface area contributed by atoms with Gasteiger partial charge in [-0.25, -0.2) is 0 Å². The number of rotatable bonds is 4. The van der Waals surface area contributed by atoms with Crippen molar-refractivity contribution in [3.8, 4) is 5.75 Å². The van der Waals surface area contributed by atoms with E-state index in [1.165, 1.54) is 25.1 Å². The normalized spacial score (nSPS) is 12.3. The van der Waals surface area contributed by atoms with E-state index in [-0.39, 0.29) is 5.75 Å². The minimum absolute atomic E-state index is 0.292. The van der Waals surface area contributed by atoms with Gasteiger partial charge in [0.1, 0.15) is 5.75 Å². The molecule has 0 aliphatic heterocycles. The van der Waals surface area contributed by atoms with Gasteiger partial charge >= 0.3 is 15.6 Å². The minimum Gasteiger partial charge on any atom is -0.376 e. The maximum Gasteiger partial charge on any atom is 0.534 e. The van der Waals surface area contributed by atoms with Crippen LogP contribution in [-0.2, 0) is 10.1 Å². The molecule has 0 aliphatic rings. The molecule has 0 heterocycles. The van der Waals surface area contributed by atoms with E-state index in [0.29, 0.717) is 12.0 Å². The zero-order valence-corrected chi connectivity index (χ0v) is 11.2. The smallest absolute Gasteiger partial charge is 0.376 e. The van der Waals surface area contributed by atoms with Gasteiger partial charge in [0.15, 0.2) is 0 Å². The van der Waals surface area contributed by atoms with Crippen LogP contribution in [0, 0.1) is 6.92 Å². The molecule has 0 amide bonds. The average molecular weight is 294 g/mol. The summed E-state index contributed by atoms with van der Waals surface area (Å²) in [4.78, 5) is 0. The van der Waals surface area contributed by atoms with Crippen LogP contribution in [0.1, 0.15) is 24.5 Å². The van der Waals surface area contributed by atoms with Gasteiger partial charge in [0, 0.05) is 0 Å². The maximum absolute atomic E-state index is 12.2. The highest BCUT2D eigenvalue weighted by molar-refractivity contribution is 7.88. The van der Waals surface area contributed by atoms with Crippen LogP contribution in [0.4, 0.5) is 13.2 Å². The number of allylic oxidation sites excluding steroid dienone is 1. The number of aryl methyl sites for hydroxylation is 1. The predicted octanol–water partition coefficient (Wildman–Crippen LogP) is 3.65. The fraction of sp³-hybridized carbons (Fsp3) is 0.333. The first-order valence-corrected chi connectivity index (χ1v) is 6.79. The molecule has 0 bridgehead atoms. The van der Waals surface area contributed by atoms with Crippen LogP contribution in [0.2, 0.25) is 0 Å². The first-order chi connectivity index (χ1) is 8.58. The van der Waals surface area contributed by atoms with Crippen molar-refractivity contribution in [2.24, 2.45) is 0 Å². The highest BCUT2D eigenvalue weighted by Gasteiger charge is 2.48. The van der Waals surface area contributed by atoms with Gasteiger partial charge in [0.05, 0.1) is 0 Å². The lowest BCUT2D eigenvalue weighted by Crippen LogP contribution is -2.28. The maximum atomic E-state index is 12.2. The Balaban J connectivity index is 3.09. The van der Waals surface area contributed by atoms with E-state index in [2.05, 4.69) is 10.8 Å². The molecule has 19 heavy (non-hydrogen) atoms. The average Bonchev–Trinajstić information content (AvgIpc) is 2.29. The lowest BCUT2D eigenvalue weighted by atomic mass is 10.0. The third kappa shape index (κ3) is 3.50. The molecule has 7 heteroatoms. The number of halogens is 3. The lowest BCUT2D eigenvalue weighted by Gasteiger charge is -2.12. The second-order valence-electron chi connectivity index (χ2n) is 3.92. The monoisotopic (exact) mass is 294 g/mol. The van der Waals surface area contributed by atoms with Crippen molar-refractivity contribution in [3.05, 3.63) is 35.9 Å². The number of benzene rings is 1. The molecule has 0 radical (unpaired) electrons. The van der Waals surface area contributed by atoms with Crippen molar-refractivity contribution in [1.29, 1.82) is 0 Å². The van der Waals surface area contributed by atoms with Crippen molar-refractivity contribution in [3.63, 3.8) is 0 Å². The largest absolute Gasteiger partial charge is 0.534 e. The molecule has 0 unspecified atom stereocenters. The van der Waals surface area contributed by atoms with Crippen molar-refractivity contribution < 1.29 is 25.8 Å². The number of alkyl halides is 3. The number of hydrogen-bond acceptors (Lipinski definition) is 3. The molecule has 3 nitrogen and oxygen atoms in total. The standard InChI is InChI=1S/C12H13F3O3S/c1-4-8(2)10-5-6-11(9(3)7-10)18-19(16,17)12(13,14)15/h5-7H,2,4H2,1,3H3. The molecule has 1 rings (SSSR count). The van der Waals surface area contributed by atoms with Crippen molar-refractivity contribution in [2.75, 3.05) is 0 Å². The van der Waals surface area contributed by atoms with Crippen LogP contribution in [0.15, 0.2) is 24.8 Å². The first-order valence-electron chi connectivity index (χ1n) is 5.38. The minimum atomic E-state index is -5.63. The molecule has 0 spiro atoms. The summed E-state index contributed by atoms with van der Waals surface area (Å²) in [5, 5.41) is 0. The lowest BCUT2D eigenvalue weighted by molar-refractivity contribution is -0.0500. The molecule has 0 saturated heterocycles. The topological polar surface area (TPSA) is 43.4 Å². The predicted molar refractivity (Wildman–Crippen MR) is 66.1 cm³/mol. The Morgan fingerprint density at radius 3 is 2.37 bits per heavy atom. The van der Waals surface area contributed by atoms with Gasteiger partial charge < -0.3 is 4.18 Å². The van der Waals surface area contributed by atoms with Gasteiger partial charge in [-0.15, -0.1) is 0 Å². The van der Waals surface area contributed by atoms with Crippen LogP contribution in [0.3, 0.4) is 0 Å². The van der Waals surface area contributed by atoms with E-state index in [1.54, 1.807) is 0 Å². The van der Waals surface area contributed by atoms with E-state index < -0.39 is 15.6 Å². The highest BCUT2D eigenvalue weighted by atomic mass is 32.2. The molecular formula is C12H13F3O3S. The highest BCUT2D eigenvalue weighted by Crippen LogP contribution is 2.30. The third-order valence-electron chi connectivity index (χ3n) is 2.49. The van der Waals surface area contributed by atoms with Crippen LogP contribution in [0.5, 0.6) is 5.75 Å². The quantitative estimate of drug-likeness (QED) is 0.629. The summed E-state index contributed by atoms with van der Waals surface area (Å²) < 4.78 is 62.4. The summed E-state index contributed by atoms with van der Waals surface area (Å²) in [5.74, 6) is -0.343. The second-order valence-corrected chi connectivity index (χ2v) is 5.46. The van der Waals surface area contributed by atoms with Crippen LogP contribution in [-0.4, -0.2) is 13.9 Å². The third-order valence-corrected chi connectivity index (χ3v) is 3.46. The van der Waals surface area contributed by atoms with Crippen molar-refractivity contribution in [1.82, 2.24) is 0 Å². The summed E-state index contributed by atoms with van der Waals surface area (Å²) in [6, 6.07) is 4.20. The van der Waals surface area contributed by atoms with Crippen LogP contribution in [0.25, 0.3) is 5.57 Å². The number of hydrogen-bond donors (Lipinski definition) is 0. The van der Waals surface area contributed by atoms with Gasteiger partial charge in [-0.2, -0.15) is 21.6 Å². The fourth-order valence-electron chi connectivity index (χ4n) is 1.33. The van der Waals surface area contributed by atoms with E-state index in [1.807, 2.05) is 6.92 Å². The Morgan fingerprint density at radius 1 is 1.37 bits per heavy atom. The molecule has 106 valence electrons. The molecular weight excluding hydrogens is 281 g/mol. The SMILES string of the molecule is C=C(CC)c1ccc(OS(=O)(=O)C(F)(F)F)c(C)c1. The van der Waals surface area contributed by atoms with Crippen LogP contribution < -0.4 is 4.18 Å².